The lowest BCUT2D eigenvalue weighted by molar-refractivity contribution is 0.284. The van der Waals surface area contributed by atoms with E-state index >= 15 is 0 Å². The van der Waals surface area contributed by atoms with Crippen LogP contribution in [0.15, 0.2) is 34.8 Å². The van der Waals surface area contributed by atoms with E-state index in [0.29, 0.717) is 28.0 Å². The minimum absolute atomic E-state index is 0.229. The molecular formula is C19H22BrClFNO2. The van der Waals surface area contributed by atoms with E-state index in [4.69, 9.17) is 21.1 Å². The summed E-state index contributed by atoms with van der Waals surface area (Å²) in [5.41, 5.74) is 1.80. The Morgan fingerprint density at radius 2 is 1.92 bits per heavy atom. The summed E-state index contributed by atoms with van der Waals surface area (Å²) in [5, 5.41) is 3.74. The van der Waals surface area contributed by atoms with Gasteiger partial charge in [-0.3, -0.25) is 0 Å². The van der Waals surface area contributed by atoms with Gasteiger partial charge >= 0.3 is 0 Å². The van der Waals surface area contributed by atoms with Crippen LogP contribution in [0.5, 0.6) is 11.5 Å². The van der Waals surface area contributed by atoms with E-state index in [1.54, 1.807) is 13.2 Å². The second-order valence-electron chi connectivity index (χ2n) is 6.14. The zero-order valence-corrected chi connectivity index (χ0v) is 16.9. The van der Waals surface area contributed by atoms with Crippen LogP contribution < -0.4 is 14.8 Å². The van der Waals surface area contributed by atoms with Crippen LogP contribution in [0, 0.1) is 11.7 Å². The Bertz CT molecular complexity index is 725. The van der Waals surface area contributed by atoms with Gasteiger partial charge in [0.15, 0.2) is 11.5 Å². The van der Waals surface area contributed by atoms with Crippen LogP contribution in [0.2, 0.25) is 5.02 Å². The van der Waals surface area contributed by atoms with Gasteiger partial charge in [0.2, 0.25) is 0 Å². The van der Waals surface area contributed by atoms with Crippen LogP contribution in [0.25, 0.3) is 0 Å². The number of nitrogens with one attached hydrogen (secondary N) is 1. The zero-order valence-electron chi connectivity index (χ0n) is 14.5. The zero-order chi connectivity index (χ0) is 18.4. The maximum atomic E-state index is 13.1. The molecule has 2 aromatic carbocycles. The van der Waals surface area contributed by atoms with Crippen molar-refractivity contribution in [3.63, 3.8) is 0 Å². The van der Waals surface area contributed by atoms with Crippen LogP contribution in [0.4, 0.5) is 4.39 Å². The van der Waals surface area contributed by atoms with E-state index in [0.717, 1.165) is 23.1 Å². The van der Waals surface area contributed by atoms with Crippen LogP contribution in [0.3, 0.4) is 0 Å². The molecule has 0 bridgehead atoms. The number of hydrogen-bond donors (Lipinski definition) is 1. The maximum Gasteiger partial charge on any atom is 0.162 e. The normalized spacial score (nSPS) is 11.0. The van der Waals surface area contributed by atoms with Gasteiger partial charge in [0.1, 0.15) is 12.4 Å². The van der Waals surface area contributed by atoms with Crippen molar-refractivity contribution in [2.45, 2.75) is 27.0 Å². The average molecular weight is 431 g/mol. The van der Waals surface area contributed by atoms with Crippen molar-refractivity contribution < 1.29 is 13.9 Å². The lowest BCUT2D eigenvalue weighted by Crippen LogP contribution is -2.19. The van der Waals surface area contributed by atoms with Gasteiger partial charge in [-0.15, -0.1) is 0 Å². The van der Waals surface area contributed by atoms with E-state index in [-0.39, 0.29) is 12.4 Å². The monoisotopic (exact) mass is 429 g/mol. The van der Waals surface area contributed by atoms with E-state index in [9.17, 15) is 4.39 Å². The molecule has 0 unspecified atom stereocenters. The fourth-order valence-corrected chi connectivity index (χ4v) is 2.96. The van der Waals surface area contributed by atoms with E-state index < -0.39 is 0 Å². The van der Waals surface area contributed by atoms with Crippen molar-refractivity contribution in [2.24, 2.45) is 5.92 Å². The summed E-state index contributed by atoms with van der Waals surface area (Å²) in [7, 11) is 1.60. The highest BCUT2D eigenvalue weighted by molar-refractivity contribution is 9.10. The highest BCUT2D eigenvalue weighted by atomic mass is 79.9. The average Bonchev–Trinajstić information content (AvgIpc) is 2.55. The first-order valence-corrected chi connectivity index (χ1v) is 9.21. The maximum absolute atomic E-state index is 13.1. The molecule has 0 fully saturated rings. The van der Waals surface area contributed by atoms with Gasteiger partial charge in [0, 0.05) is 16.6 Å². The number of benzene rings is 2. The minimum atomic E-state index is -0.368. The Balaban J connectivity index is 2.10. The molecule has 0 aromatic heterocycles. The van der Waals surface area contributed by atoms with Gasteiger partial charge in [-0.25, -0.2) is 4.39 Å². The van der Waals surface area contributed by atoms with Gasteiger partial charge < -0.3 is 14.8 Å². The molecule has 0 amide bonds. The van der Waals surface area contributed by atoms with Gasteiger partial charge in [-0.05, 0) is 42.3 Å². The molecule has 0 aliphatic rings. The molecule has 1 N–H and O–H groups in total. The molecule has 0 heterocycles. The van der Waals surface area contributed by atoms with E-state index in [2.05, 4.69) is 35.1 Å². The molecule has 0 aliphatic carbocycles. The molecule has 0 atom stereocenters. The van der Waals surface area contributed by atoms with Crippen LogP contribution in [0.1, 0.15) is 25.0 Å². The molecule has 136 valence electrons. The molecule has 2 rings (SSSR count). The van der Waals surface area contributed by atoms with Crippen molar-refractivity contribution in [3.8, 4) is 11.5 Å². The Labute approximate surface area is 161 Å². The summed E-state index contributed by atoms with van der Waals surface area (Å²) in [5.74, 6) is 1.46. The van der Waals surface area contributed by atoms with E-state index in [1.165, 1.54) is 12.1 Å². The highest BCUT2D eigenvalue weighted by Crippen LogP contribution is 2.34. The van der Waals surface area contributed by atoms with Crippen molar-refractivity contribution in [3.05, 3.63) is 56.8 Å². The summed E-state index contributed by atoms with van der Waals surface area (Å²) >= 11 is 9.62. The minimum Gasteiger partial charge on any atom is -0.493 e. The Morgan fingerprint density at radius 1 is 1.16 bits per heavy atom. The number of hydrogen-bond acceptors (Lipinski definition) is 3. The molecule has 0 spiro atoms. The fraction of sp³-hybridized carbons (Fsp3) is 0.368. The molecule has 0 saturated heterocycles. The van der Waals surface area contributed by atoms with Gasteiger partial charge in [-0.1, -0.05) is 47.4 Å². The largest absolute Gasteiger partial charge is 0.493 e. The smallest absolute Gasteiger partial charge is 0.162 e. The predicted octanol–water partition coefficient (Wildman–Crippen LogP) is 5.57. The lowest BCUT2D eigenvalue weighted by atomic mass is 10.1. The summed E-state index contributed by atoms with van der Waals surface area (Å²) < 4.78 is 25.3. The van der Waals surface area contributed by atoms with Crippen LogP contribution in [-0.2, 0) is 13.2 Å². The molecule has 3 nitrogen and oxygen atoms in total. The van der Waals surface area contributed by atoms with Gasteiger partial charge in [0.05, 0.1) is 12.1 Å². The molecule has 25 heavy (non-hydrogen) atoms. The predicted molar refractivity (Wildman–Crippen MR) is 103 cm³/mol. The van der Waals surface area contributed by atoms with Crippen molar-refractivity contribution in [2.75, 3.05) is 13.7 Å². The van der Waals surface area contributed by atoms with Crippen molar-refractivity contribution in [1.29, 1.82) is 0 Å². The quantitative estimate of drug-likeness (QED) is 0.593. The van der Waals surface area contributed by atoms with Crippen LogP contribution >= 0.6 is 27.5 Å². The number of rotatable bonds is 8. The second kappa shape index (κ2) is 9.41. The summed E-state index contributed by atoms with van der Waals surface area (Å²) in [6, 6.07) is 8.07. The van der Waals surface area contributed by atoms with Crippen molar-refractivity contribution in [1.82, 2.24) is 5.32 Å². The van der Waals surface area contributed by atoms with E-state index in [1.807, 2.05) is 12.1 Å². The Kier molecular flexibility index (Phi) is 7.54. The summed E-state index contributed by atoms with van der Waals surface area (Å²) in [6.07, 6.45) is 0. The van der Waals surface area contributed by atoms with Gasteiger partial charge in [-0.2, -0.15) is 0 Å². The van der Waals surface area contributed by atoms with Crippen LogP contribution in [-0.4, -0.2) is 13.7 Å². The SMILES string of the molecule is COc1cc(CNCC(C)C)c(Br)cc1OCc1ccc(F)cc1Cl. The Hall–Kier alpha value is -1.30. The number of methoxy groups -OCH3 is 1. The molecular weight excluding hydrogens is 409 g/mol. The first-order chi connectivity index (χ1) is 11.9. The first-order valence-electron chi connectivity index (χ1n) is 8.04. The second-order valence-corrected chi connectivity index (χ2v) is 7.41. The number of halogens is 3. The number of ether oxygens (including phenoxy) is 2. The third-order valence-electron chi connectivity index (χ3n) is 3.60. The topological polar surface area (TPSA) is 30.5 Å². The fourth-order valence-electron chi connectivity index (χ4n) is 2.27. The summed E-state index contributed by atoms with van der Waals surface area (Å²) in [6.45, 7) is 6.24. The molecule has 0 aliphatic heterocycles. The third kappa shape index (κ3) is 5.87. The molecule has 2 aromatic rings. The first kappa shape index (κ1) is 20.0. The lowest BCUT2D eigenvalue weighted by Gasteiger charge is -2.15. The highest BCUT2D eigenvalue weighted by Gasteiger charge is 2.12. The molecule has 0 saturated carbocycles. The van der Waals surface area contributed by atoms with Crippen molar-refractivity contribution >= 4 is 27.5 Å². The third-order valence-corrected chi connectivity index (χ3v) is 4.69. The molecule has 6 heteroatoms. The Morgan fingerprint density at radius 3 is 2.56 bits per heavy atom. The molecule has 0 radical (unpaired) electrons. The standard InChI is InChI=1S/C19H22BrClFNO2/c1-12(2)9-23-10-14-6-18(24-3)19(8-16(14)20)25-11-13-4-5-15(22)7-17(13)21/h4-8,12,23H,9-11H2,1-3H3. The van der Waals surface area contributed by atoms with Gasteiger partial charge in [0.25, 0.3) is 0 Å². The summed E-state index contributed by atoms with van der Waals surface area (Å²) in [4.78, 5) is 0.